The Hall–Kier alpha value is -2.97. The predicted molar refractivity (Wildman–Crippen MR) is 92.4 cm³/mol. The molecule has 1 aliphatic rings. The van der Waals surface area contributed by atoms with E-state index in [-0.39, 0.29) is 24.3 Å². The van der Waals surface area contributed by atoms with Gasteiger partial charge in [0.1, 0.15) is 6.04 Å². The van der Waals surface area contributed by atoms with Crippen LogP contribution in [0.15, 0.2) is 31.9 Å². The zero-order valence-corrected chi connectivity index (χ0v) is 15.3. The number of nitrogens with zero attached hydrogens (tertiary/aromatic N) is 5. The summed E-state index contributed by atoms with van der Waals surface area (Å²) in [5.74, 6) is 2.71. The van der Waals surface area contributed by atoms with Gasteiger partial charge in [-0.05, 0) is 25.0 Å². The average Bonchev–Trinajstić information content (AvgIpc) is 3.46. The number of carbonyl (C=O) groups excluding carboxylic acids is 1. The number of furan rings is 1. The molecule has 9 nitrogen and oxygen atoms in total. The molecule has 0 aromatic carbocycles. The second-order valence-corrected chi connectivity index (χ2v) is 6.88. The molecule has 0 radical (unpaired) electrons. The Morgan fingerprint density at radius 1 is 1.30 bits per heavy atom. The number of rotatable bonds is 6. The van der Waals surface area contributed by atoms with Gasteiger partial charge in [-0.3, -0.25) is 4.79 Å². The number of aromatic nitrogens is 4. The summed E-state index contributed by atoms with van der Waals surface area (Å²) < 4.78 is 15.8. The quantitative estimate of drug-likeness (QED) is 0.650. The van der Waals surface area contributed by atoms with Gasteiger partial charge in [-0.15, -0.1) is 0 Å². The second kappa shape index (κ2) is 7.34. The molecule has 1 fully saturated rings. The van der Waals surface area contributed by atoms with Crippen molar-refractivity contribution < 1.29 is 18.3 Å². The minimum Gasteiger partial charge on any atom is -0.461 e. The molecule has 3 aromatic rings. The van der Waals surface area contributed by atoms with Crippen LogP contribution in [0.3, 0.4) is 0 Å². The molecular formula is C18H21N5O4. The monoisotopic (exact) mass is 371 g/mol. The lowest BCUT2D eigenvalue weighted by Gasteiger charge is -2.21. The molecule has 1 amide bonds. The van der Waals surface area contributed by atoms with Crippen LogP contribution in [0.5, 0.6) is 0 Å². The van der Waals surface area contributed by atoms with Crippen molar-refractivity contribution in [2.75, 3.05) is 6.54 Å². The third-order valence-corrected chi connectivity index (χ3v) is 4.59. The van der Waals surface area contributed by atoms with E-state index in [0.29, 0.717) is 42.2 Å². The van der Waals surface area contributed by atoms with Gasteiger partial charge >= 0.3 is 0 Å². The highest BCUT2D eigenvalue weighted by atomic mass is 16.5. The van der Waals surface area contributed by atoms with Crippen LogP contribution >= 0.6 is 0 Å². The summed E-state index contributed by atoms with van der Waals surface area (Å²) in [6.07, 6.45) is 3.94. The van der Waals surface area contributed by atoms with Crippen LogP contribution in [0.2, 0.25) is 0 Å². The molecular weight excluding hydrogens is 350 g/mol. The Morgan fingerprint density at radius 3 is 2.93 bits per heavy atom. The first kappa shape index (κ1) is 17.4. The van der Waals surface area contributed by atoms with Gasteiger partial charge in [-0.1, -0.05) is 24.2 Å². The minimum absolute atomic E-state index is 0.0135. The molecule has 1 aliphatic heterocycles. The molecule has 0 aliphatic carbocycles. The lowest BCUT2D eigenvalue weighted by molar-refractivity contribution is -0.132. The Balaban J connectivity index is 1.38. The van der Waals surface area contributed by atoms with E-state index < -0.39 is 0 Å². The maximum absolute atomic E-state index is 12.7. The van der Waals surface area contributed by atoms with E-state index in [2.05, 4.69) is 20.3 Å². The summed E-state index contributed by atoms with van der Waals surface area (Å²) in [6.45, 7) is 4.70. The highest BCUT2D eigenvalue weighted by molar-refractivity contribution is 5.77. The van der Waals surface area contributed by atoms with E-state index in [0.717, 1.165) is 12.8 Å². The second-order valence-electron chi connectivity index (χ2n) is 6.88. The molecule has 0 spiro atoms. The number of aryl methyl sites for hydroxylation is 1. The molecule has 1 saturated heterocycles. The summed E-state index contributed by atoms with van der Waals surface area (Å²) in [5.41, 5.74) is 0. The maximum atomic E-state index is 12.7. The van der Waals surface area contributed by atoms with Gasteiger partial charge in [0.05, 0.1) is 6.26 Å². The van der Waals surface area contributed by atoms with Crippen LogP contribution in [-0.2, 0) is 11.2 Å². The molecule has 142 valence electrons. The Labute approximate surface area is 155 Å². The standard InChI is InChI=1S/C18H21N5O4/c1-11(2)16-20-18(27-21-16)12-5-3-9-23(12)15(24)8-7-14-19-17(22-26-14)13-6-4-10-25-13/h4,6,10-12H,3,5,7-9H2,1-2H3. The van der Waals surface area contributed by atoms with Gasteiger partial charge in [0.25, 0.3) is 0 Å². The van der Waals surface area contributed by atoms with Crippen molar-refractivity contribution in [3.63, 3.8) is 0 Å². The van der Waals surface area contributed by atoms with Gasteiger partial charge in [-0.2, -0.15) is 9.97 Å². The molecule has 4 heterocycles. The fourth-order valence-corrected chi connectivity index (χ4v) is 3.16. The molecule has 1 unspecified atom stereocenters. The third kappa shape index (κ3) is 3.62. The lowest BCUT2D eigenvalue weighted by Crippen LogP contribution is -2.31. The summed E-state index contributed by atoms with van der Waals surface area (Å²) in [5, 5.41) is 7.89. The Morgan fingerprint density at radius 2 is 2.19 bits per heavy atom. The topological polar surface area (TPSA) is 111 Å². The van der Waals surface area contributed by atoms with Crippen molar-refractivity contribution in [2.45, 2.75) is 51.5 Å². The number of carbonyl (C=O) groups is 1. The Kier molecular flexibility index (Phi) is 4.74. The van der Waals surface area contributed by atoms with Crippen molar-refractivity contribution >= 4 is 5.91 Å². The normalized spacial score (nSPS) is 17.1. The molecule has 3 aromatic heterocycles. The van der Waals surface area contributed by atoms with Gasteiger partial charge < -0.3 is 18.4 Å². The number of likely N-dealkylation sites (tertiary alicyclic amines) is 1. The van der Waals surface area contributed by atoms with E-state index in [1.807, 2.05) is 13.8 Å². The van der Waals surface area contributed by atoms with Crippen molar-refractivity contribution in [2.24, 2.45) is 0 Å². The number of hydrogen-bond donors (Lipinski definition) is 0. The maximum Gasteiger partial charge on any atom is 0.249 e. The summed E-state index contributed by atoms with van der Waals surface area (Å²) in [4.78, 5) is 23.2. The molecule has 4 rings (SSSR count). The number of hydrogen-bond acceptors (Lipinski definition) is 8. The smallest absolute Gasteiger partial charge is 0.249 e. The van der Waals surface area contributed by atoms with Gasteiger partial charge in [0.2, 0.25) is 23.5 Å². The average molecular weight is 371 g/mol. The first-order valence-electron chi connectivity index (χ1n) is 9.11. The van der Waals surface area contributed by atoms with Crippen LogP contribution in [0.25, 0.3) is 11.6 Å². The van der Waals surface area contributed by atoms with E-state index >= 15 is 0 Å². The summed E-state index contributed by atoms with van der Waals surface area (Å²) in [6, 6.07) is 3.36. The van der Waals surface area contributed by atoms with E-state index in [9.17, 15) is 4.79 Å². The fourth-order valence-electron chi connectivity index (χ4n) is 3.16. The van der Waals surface area contributed by atoms with Gasteiger partial charge in [0.15, 0.2) is 11.6 Å². The number of amides is 1. The zero-order chi connectivity index (χ0) is 18.8. The van der Waals surface area contributed by atoms with Crippen molar-refractivity contribution in [3.8, 4) is 11.6 Å². The highest BCUT2D eigenvalue weighted by Gasteiger charge is 2.34. The molecule has 0 bridgehead atoms. The first-order chi connectivity index (χ1) is 13.1. The molecule has 0 saturated carbocycles. The van der Waals surface area contributed by atoms with Crippen molar-refractivity contribution in [1.82, 2.24) is 25.2 Å². The van der Waals surface area contributed by atoms with Crippen LogP contribution in [0, 0.1) is 0 Å². The lowest BCUT2D eigenvalue weighted by atomic mass is 10.2. The summed E-state index contributed by atoms with van der Waals surface area (Å²) in [7, 11) is 0. The van der Waals surface area contributed by atoms with Gasteiger partial charge in [-0.25, -0.2) is 0 Å². The van der Waals surface area contributed by atoms with E-state index in [1.54, 1.807) is 23.3 Å². The minimum atomic E-state index is -0.154. The van der Waals surface area contributed by atoms with Gasteiger partial charge in [0, 0.05) is 25.3 Å². The van der Waals surface area contributed by atoms with Crippen LogP contribution < -0.4 is 0 Å². The van der Waals surface area contributed by atoms with Crippen molar-refractivity contribution in [3.05, 3.63) is 36.0 Å². The van der Waals surface area contributed by atoms with Crippen LogP contribution in [0.1, 0.15) is 62.7 Å². The van der Waals surface area contributed by atoms with Crippen LogP contribution in [0.4, 0.5) is 0 Å². The SMILES string of the molecule is CC(C)c1noc(C2CCCN2C(=O)CCc2nc(-c3ccco3)no2)n1. The fraction of sp³-hybridized carbons (Fsp3) is 0.500. The highest BCUT2D eigenvalue weighted by Crippen LogP contribution is 2.32. The Bertz CT molecular complexity index is 899. The predicted octanol–water partition coefficient (Wildman–Crippen LogP) is 3.13. The van der Waals surface area contributed by atoms with Crippen LogP contribution in [-0.4, -0.2) is 37.6 Å². The largest absolute Gasteiger partial charge is 0.461 e. The molecule has 27 heavy (non-hydrogen) atoms. The molecule has 1 atom stereocenters. The van der Waals surface area contributed by atoms with E-state index in [1.165, 1.54) is 0 Å². The summed E-state index contributed by atoms with van der Waals surface area (Å²) >= 11 is 0. The third-order valence-electron chi connectivity index (χ3n) is 4.59. The molecule has 9 heteroatoms. The van der Waals surface area contributed by atoms with E-state index in [4.69, 9.17) is 13.5 Å². The zero-order valence-electron chi connectivity index (χ0n) is 15.3. The van der Waals surface area contributed by atoms with Crippen molar-refractivity contribution in [1.29, 1.82) is 0 Å². The first-order valence-corrected chi connectivity index (χ1v) is 9.11. The molecule has 0 N–H and O–H groups in total.